The van der Waals surface area contributed by atoms with E-state index in [0.29, 0.717) is 6.54 Å². The number of hydrogen-bond donors (Lipinski definition) is 2. The van der Waals surface area contributed by atoms with Gasteiger partial charge in [-0.15, -0.1) is 6.58 Å². The van der Waals surface area contributed by atoms with Crippen molar-refractivity contribution in [3.63, 3.8) is 0 Å². The first-order valence-corrected chi connectivity index (χ1v) is 6.51. The first kappa shape index (κ1) is 14.2. The van der Waals surface area contributed by atoms with Gasteiger partial charge in [0.25, 0.3) is 0 Å². The van der Waals surface area contributed by atoms with Gasteiger partial charge in [-0.05, 0) is 51.7 Å². The summed E-state index contributed by atoms with van der Waals surface area (Å²) in [7, 11) is 0. The Balaban J connectivity index is 2.32. The van der Waals surface area contributed by atoms with Gasteiger partial charge in [0.2, 0.25) is 5.91 Å². The molecule has 1 amide bonds. The molecule has 0 radical (unpaired) electrons. The van der Waals surface area contributed by atoms with Crippen molar-refractivity contribution in [1.82, 2.24) is 10.2 Å². The molecule has 98 valence electrons. The summed E-state index contributed by atoms with van der Waals surface area (Å²) in [5.74, 6) is 0.849. The van der Waals surface area contributed by atoms with E-state index in [-0.39, 0.29) is 11.9 Å². The van der Waals surface area contributed by atoms with E-state index in [4.69, 9.17) is 5.73 Å². The largest absolute Gasteiger partial charge is 0.351 e. The van der Waals surface area contributed by atoms with Crippen molar-refractivity contribution in [3.8, 4) is 0 Å². The lowest BCUT2D eigenvalue weighted by Crippen LogP contribution is -2.48. The second-order valence-electron chi connectivity index (χ2n) is 4.77. The van der Waals surface area contributed by atoms with E-state index in [0.717, 1.165) is 44.8 Å². The van der Waals surface area contributed by atoms with E-state index >= 15 is 0 Å². The molecule has 1 rings (SSSR count). The zero-order valence-electron chi connectivity index (χ0n) is 10.8. The number of amides is 1. The predicted molar refractivity (Wildman–Crippen MR) is 70.6 cm³/mol. The molecule has 1 aliphatic rings. The fourth-order valence-electron chi connectivity index (χ4n) is 2.35. The molecule has 1 unspecified atom stereocenters. The molecule has 0 spiro atoms. The monoisotopic (exact) mass is 239 g/mol. The topological polar surface area (TPSA) is 58.4 Å². The van der Waals surface area contributed by atoms with Gasteiger partial charge < -0.3 is 11.1 Å². The number of rotatable bonds is 6. The van der Waals surface area contributed by atoms with E-state index in [1.165, 1.54) is 0 Å². The van der Waals surface area contributed by atoms with Gasteiger partial charge in [0.05, 0.1) is 6.04 Å². The molecule has 0 saturated carbocycles. The normalized spacial score (nSPS) is 19.9. The lowest BCUT2D eigenvalue weighted by Gasteiger charge is -2.35. The van der Waals surface area contributed by atoms with Gasteiger partial charge in [-0.1, -0.05) is 6.08 Å². The maximum Gasteiger partial charge on any atom is 0.237 e. The number of nitrogens with one attached hydrogen (secondary N) is 1. The summed E-state index contributed by atoms with van der Waals surface area (Å²) in [5, 5.41) is 2.85. The van der Waals surface area contributed by atoms with Crippen molar-refractivity contribution in [2.24, 2.45) is 11.7 Å². The fraction of sp³-hybridized carbons (Fsp3) is 0.769. The summed E-state index contributed by atoms with van der Waals surface area (Å²) in [6.07, 6.45) is 5.15. The zero-order valence-corrected chi connectivity index (χ0v) is 10.8. The van der Waals surface area contributed by atoms with E-state index < -0.39 is 0 Å². The zero-order chi connectivity index (χ0) is 12.7. The summed E-state index contributed by atoms with van der Waals surface area (Å²) < 4.78 is 0. The minimum atomic E-state index is -0.0335. The Morgan fingerprint density at radius 1 is 1.59 bits per heavy atom. The van der Waals surface area contributed by atoms with Crippen LogP contribution in [0, 0.1) is 5.92 Å². The van der Waals surface area contributed by atoms with Crippen molar-refractivity contribution >= 4 is 5.91 Å². The van der Waals surface area contributed by atoms with E-state index in [1.54, 1.807) is 6.08 Å². The van der Waals surface area contributed by atoms with Crippen LogP contribution in [0.2, 0.25) is 0 Å². The molecule has 1 saturated heterocycles. The highest BCUT2D eigenvalue weighted by atomic mass is 16.2. The molecule has 0 aliphatic carbocycles. The summed E-state index contributed by atoms with van der Waals surface area (Å²) in [6, 6.07) is -0.0335. The highest BCUT2D eigenvalue weighted by Gasteiger charge is 2.25. The molecule has 17 heavy (non-hydrogen) atoms. The molecule has 1 fully saturated rings. The Kier molecular flexibility index (Phi) is 6.22. The summed E-state index contributed by atoms with van der Waals surface area (Å²) in [6.45, 7) is 8.91. The van der Waals surface area contributed by atoms with E-state index in [1.807, 2.05) is 6.92 Å². The van der Waals surface area contributed by atoms with Gasteiger partial charge in [0.15, 0.2) is 0 Å². The Labute approximate surface area is 104 Å². The highest BCUT2D eigenvalue weighted by Crippen LogP contribution is 2.21. The van der Waals surface area contributed by atoms with Gasteiger partial charge in [-0.2, -0.15) is 0 Å². The Hall–Kier alpha value is -0.870. The third-order valence-corrected chi connectivity index (χ3v) is 3.57. The molecule has 1 aliphatic heterocycles. The van der Waals surface area contributed by atoms with Crippen LogP contribution in [0.4, 0.5) is 0 Å². The van der Waals surface area contributed by atoms with Crippen molar-refractivity contribution < 1.29 is 4.79 Å². The van der Waals surface area contributed by atoms with Crippen molar-refractivity contribution in [1.29, 1.82) is 0 Å². The molecule has 3 N–H and O–H groups in total. The Bertz CT molecular complexity index is 247. The lowest BCUT2D eigenvalue weighted by atomic mass is 9.93. The molecular weight excluding hydrogens is 214 g/mol. The SMILES string of the molecule is C=CCNC(=O)C(C)N1CCC(CCN)CC1. The van der Waals surface area contributed by atoms with Crippen LogP contribution >= 0.6 is 0 Å². The van der Waals surface area contributed by atoms with Gasteiger partial charge in [-0.3, -0.25) is 9.69 Å². The smallest absolute Gasteiger partial charge is 0.237 e. The summed E-state index contributed by atoms with van der Waals surface area (Å²) in [4.78, 5) is 14.0. The van der Waals surface area contributed by atoms with Crippen molar-refractivity contribution in [3.05, 3.63) is 12.7 Å². The number of hydrogen-bond acceptors (Lipinski definition) is 3. The molecule has 4 heteroatoms. The number of nitrogens with zero attached hydrogens (tertiary/aromatic N) is 1. The molecular formula is C13H25N3O. The van der Waals surface area contributed by atoms with Crippen molar-refractivity contribution in [2.45, 2.75) is 32.2 Å². The third kappa shape index (κ3) is 4.48. The molecule has 0 aromatic rings. The third-order valence-electron chi connectivity index (χ3n) is 3.57. The lowest BCUT2D eigenvalue weighted by molar-refractivity contribution is -0.126. The van der Waals surface area contributed by atoms with Crippen LogP contribution in [0.25, 0.3) is 0 Å². The fourth-order valence-corrected chi connectivity index (χ4v) is 2.35. The molecule has 0 aromatic heterocycles. The van der Waals surface area contributed by atoms with E-state index in [2.05, 4.69) is 16.8 Å². The van der Waals surface area contributed by atoms with Crippen LogP contribution in [0.1, 0.15) is 26.2 Å². The summed E-state index contributed by atoms with van der Waals surface area (Å²) in [5.41, 5.74) is 5.57. The highest BCUT2D eigenvalue weighted by molar-refractivity contribution is 5.81. The van der Waals surface area contributed by atoms with Gasteiger partial charge >= 0.3 is 0 Å². The van der Waals surface area contributed by atoms with Crippen LogP contribution in [0.15, 0.2) is 12.7 Å². The molecule has 1 atom stereocenters. The van der Waals surface area contributed by atoms with Crippen LogP contribution < -0.4 is 11.1 Å². The maximum atomic E-state index is 11.8. The number of likely N-dealkylation sites (tertiary alicyclic amines) is 1. The van der Waals surface area contributed by atoms with Crippen LogP contribution in [0.3, 0.4) is 0 Å². The first-order valence-electron chi connectivity index (χ1n) is 6.51. The van der Waals surface area contributed by atoms with Crippen LogP contribution in [-0.2, 0) is 4.79 Å². The molecule has 0 aromatic carbocycles. The average Bonchev–Trinajstić information content (AvgIpc) is 2.36. The van der Waals surface area contributed by atoms with Crippen LogP contribution in [0.5, 0.6) is 0 Å². The number of carbonyl (C=O) groups is 1. The van der Waals surface area contributed by atoms with E-state index in [9.17, 15) is 4.79 Å². The first-order chi connectivity index (χ1) is 8.19. The maximum absolute atomic E-state index is 11.8. The van der Waals surface area contributed by atoms with Crippen molar-refractivity contribution in [2.75, 3.05) is 26.2 Å². The second kappa shape index (κ2) is 7.45. The molecule has 0 bridgehead atoms. The molecule has 1 heterocycles. The van der Waals surface area contributed by atoms with Crippen LogP contribution in [-0.4, -0.2) is 43.0 Å². The van der Waals surface area contributed by atoms with Gasteiger partial charge in [-0.25, -0.2) is 0 Å². The molecule has 4 nitrogen and oxygen atoms in total. The number of carbonyl (C=O) groups excluding carboxylic acids is 1. The minimum absolute atomic E-state index is 0.0335. The summed E-state index contributed by atoms with van der Waals surface area (Å²) >= 11 is 0. The predicted octanol–water partition coefficient (Wildman–Crippen LogP) is 0.738. The second-order valence-corrected chi connectivity index (χ2v) is 4.77. The Morgan fingerprint density at radius 2 is 2.24 bits per heavy atom. The Morgan fingerprint density at radius 3 is 2.76 bits per heavy atom. The van der Waals surface area contributed by atoms with Gasteiger partial charge in [0.1, 0.15) is 0 Å². The minimum Gasteiger partial charge on any atom is -0.351 e. The quantitative estimate of drug-likeness (QED) is 0.672. The average molecular weight is 239 g/mol. The standard InChI is InChI=1S/C13H25N3O/c1-3-8-15-13(17)11(2)16-9-5-12(4-7-14)6-10-16/h3,11-12H,1,4-10,14H2,2H3,(H,15,17). The number of piperidine rings is 1. The van der Waals surface area contributed by atoms with Gasteiger partial charge in [0, 0.05) is 6.54 Å². The number of nitrogens with two attached hydrogens (primary N) is 1.